The fraction of sp³-hybridized carbons (Fsp3) is 0. The van der Waals surface area contributed by atoms with Gasteiger partial charge >= 0.3 is 17.9 Å². The van der Waals surface area contributed by atoms with Gasteiger partial charge in [0.05, 0.1) is 16.7 Å². The molecular formula is C48H36O9Ru. The minimum Gasteiger partial charge on any atom is -0.478 e. The van der Waals surface area contributed by atoms with E-state index in [9.17, 15) is 28.8 Å². The van der Waals surface area contributed by atoms with Crippen LogP contribution in [0.2, 0.25) is 0 Å². The van der Waals surface area contributed by atoms with E-state index in [0.717, 1.165) is 0 Å². The van der Waals surface area contributed by atoms with E-state index in [-0.39, 0.29) is 53.5 Å². The van der Waals surface area contributed by atoms with Gasteiger partial charge in [-0.1, -0.05) is 164 Å². The maximum atomic E-state index is 11.9. The summed E-state index contributed by atoms with van der Waals surface area (Å²) < 4.78 is 0. The summed E-state index contributed by atoms with van der Waals surface area (Å²) in [4.78, 5) is 68.6. The van der Waals surface area contributed by atoms with Crippen LogP contribution in [0, 0.1) is 0 Å². The molecule has 0 bridgehead atoms. The van der Waals surface area contributed by atoms with Crippen LogP contribution in [0.3, 0.4) is 0 Å². The molecule has 6 rings (SSSR count). The summed E-state index contributed by atoms with van der Waals surface area (Å²) in [5.41, 5.74) is 3.81. The van der Waals surface area contributed by atoms with E-state index >= 15 is 0 Å². The van der Waals surface area contributed by atoms with Gasteiger partial charge in [0.2, 0.25) is 0 Å². The van der Waals surface area contributed by atoms with Gasteiger partial charge in [-0.25, -0.2) is 14.4 Å². The van der Waals surface area contributed by atoms with Crippen molar-refractivity contribution < 1.29 is 63.6 Å². The Balaban J connectivity index is 0.000000231. The number of carboxylic acids is 3. The van der Waals surface area contributed by atoms with Crippen LogP contribution < -0.4 is 0 Å². The third-order valence-electron chi connectivity index (χ3n) is 7.99. The largest absolute Gasteiger partial charge is 0.478 e. The van der Waals surface area contributed by atoms with Crippen molar-refractivity contribution in [3.05, 3.63) is 232 Å². The molecule has 0 aliphatic heterocycles. The number of ketones is 3. The molecule has 0 aromatic heterocycles. The van der Waals surface area contributed by atoms with Crippen LogP contribution in [-0.4, -0.2) is 50.6 Å². The zero-order chi connectivity index (χ0) is 41.0. The second kappa shape index (κ2) is 23.5. The van der Waals surface area contributed by atoms with Gasteiger partial charge < -0.3 is 15.3 Å². The molecule has 0 aliphatic rings. The predicted molar refractivity (Wildman–Crippen MR) is 220 cm³/mol. The number of hydrogen-bond donors (Lipinski definition) is 3. The van der Waals surface area contributed by atoms with Crippen molar-refractivity contribution in [3.63, 3.8) is 0 Å². The molecule has 0 atom stereocenters. The average molecular weight is 858 g/mol. The summed E-state index contributed by atoms with van der Waals surface area (Å²) in [6.07, 6.45) is 8.74. The number of carbonyl (C=O) groups excluding carboxylic acids is 3. The molecule has 9 nitrogen and oxygen atoms in total. The fourth-order valence-corrected chi connectivity index (χ4v) is 5.10. The normalized spacial score (nSPS) is 10.3. The van der Waals surface area contributed by atoms with Gasteiger partial charge in [-0.2, -0.15) is 0 Å². The van der Waals surface area contributed by atoms with Gasteiger partial charge in [-0.15, -0.1) is 0 Å². The molecule has 6 aromatic carbocycles. The van der Waals surface area contributed by atoms with Crippen molar-refractivity contribution in [1.29, 1.82) is 0 Å². The molecule has 58 heavy (non-hydrogen) atoms. The van der Waals surface area contributed by atoms with E-state index in [2.05, 4.69) is 0 Å². The Hall–Kier alpha value is -7.42. The minimum absolute atomic E-state index is 0. The number of carboxylic acid groups (broad SMARTS) is 3. The SMILES string of the molecule is O=C(C=Cc1ccccc1C(=O)O)c1ccccc1.O=C(C=Cc1ccccc1C(=O)O)c1ccccc1.O=C(C=Cc1ccccc1C(=O)O)c1ccccc1.[Ru]. The van der Waals surface area contributed by atoms with Crippen molar-refractivity contribution >= 4 is 53.5 Å². The Labute approximate surface area is 347 Å². The van der Waals surface area contributed by atoms with E-state index < -0.39 is 17.9 Å². The second-order valence-electron chi connectivity index (χ2n) is 11.9. The molecule has 0 fully saturated rings. The van der Waals surface area contributed by atoms with Gasteiger partial charge in [0.1, 0.15) is 0 Å². The van der Waals surface area contributed by atoms with Gasteiger partial charge in [0.25, 0.3) is 0 Å². The molecule has 0 heterocycles. The number of carbonyl (C=O) groups is 6. The summed E-state index contributed by atoms with van der Waals surface area (Å²) in [6, 6.07) is 46.2. The van der Waals surface area contributed by atoms with Crippen molar-refractivity contribution in [1.82, 2.24) is 0 Å². The molecule has 0 spiro atoms. The molecule has 3 N–H and O–H groups in total. The topological polar surface area (TPSA) is 163 Å². The Morgan fingerprint density at radius 1 is 0.310 bits per heavy atom. The Kier molecular flexibility index (Phi) is 18.2. The Bertz CT molecular complexity index is 2160. The molecule has 0 saturated carbocycles. The third kappa shape index (κ3) is 14.0. The monoisotopic (exact) mass is 858 g/mol. The number of benzene rings is 6. The van der Waals surface area contributed by atoms with Crippen LogP contribution in [0.4, 0.5) is 0 Å². The summed E-state index contributed by atoms with van der Waals surface area (Å²) >= 11 is 0. The second-order valence-corrected chi connectivity index (χ2v) is 11.9. The fourth-order valence-electron chi connectivity index (χ4n) is 5.10. The zero-order valence-corrected chi connectivity index (χ0v) is 32.4. The van der Waals surface area contributed by atoms with E-state index in [1.807, 2.05) is 18.2 Å². The average Bonchev–Trinajstić information content (AvgIpc) is 3.25. The van der Waals surface area contributed by atoms with Crippen molar-refractivity contribution in [2.24, 2.45) is 0 Å². The Morgan fingerprint density at radius 2 is 0.517 bits per heavy atom. The van der Waals surface area contributed by atoms with E-state index in [1.165, 1.54) is 54.7 Å². The first-order chi connectivity index (χ1) is 27.5. The number of rotatable bonds is 12. The minimum atomic E-state index is -1.01. The van der Waals surface area contributed by atoms with E-state index in [0.29, 0.717) is 33.4 Å². The van der Waals surface area contributed by atoms with Crippen molar-refractivity contribution in [2.75, 3.05) is 0 Å². The maximum absolute atomic E-state index is 11.9. The van der Waals surface area contributed by atoms with Crippen molar-refractivity contribution in [2.45, 2.75) is 0 Å². The quantitative estimate of drug-likeness (QED) is 0.0618. The van der Waals surface area contributed by atoms with Crippen LogP contribution in [0.5, 0.6) is 0 Å². The summed E-state index contributed by atoms with van der Waals surface area (Å²) in [7, 11) is 0. The summed E-state index contributed by atoms with van der Waals surface area (Å²) in [5, 5.41) is 27.1. The standard InChI is InChI=1S/3C16H12O3.Ru/c3*17-15(13-7-2-1-3-8-13)11-10-12-6-4-5-9-14(12)16(18)19;/h3*1-11H,(H,18,19);. The maximum Gasteiger partial charge on any atom is 0.336 e. The third-order valence-corrected chi connectivity index (χ3v) is 7.99. The molecule has 6 aromatic rings. The molecule has 0 unspecified atom stereocenters. The zero-order valence-electron chi connectivity index (χ0n) is 30.7. The van der Waals surface area contributed by atoms with Gasteiger partial charge in [0, 0.05) is 36.2 Å². The van der Waals surface area contributed by atoms with Crippen LogP contribution in [-0.2, 0) is 19.5 Å². The number of allylic oxidation sites excluding steroid dienone is 3. The first-order valence-corrected chi connectivity index (χ1v) is 17.3. The Morgan fingerprint density at radius 3 is 0.741 bits per heavy atom. The molecule has 0 aliphatic carbocycles. The smallest absolute Gasteiger partial charge is 0.336 e. The van der Waals surface area contributed by atoms with E-state index in [1.54, 1.807) is 127 Å². The predicted octanol–water partition coefficient (Wildman–Crippen LogP) is 9.84. The molecular weight excluding hydrogens is 822 g/mol. The van der Waals surface area contributed by atoms with Crippen LogP contribution in [0.25, 0.3) is 18.2 Å². The molecule has 0 saturated heterocycles. The summed E-state index contributed by atoms with van der Waals surface area (Å²) in [5.74, 6) is -3.48. The molecule has 0 radical (unpaired) electrons. The molecule has 290 valence electrons. The van der Waals surface area contributed by atoms with Gasteiger partial charge in [0.15, 0.2) is 17.3 Å². The number of aromatic carboxylic acids is 3. The van der Waals surface area contributed by atoms with Gasteiger partial charge in [-0.3, -0.25) is 14.4 Å². The first-order valence-electron chi connectivity index (χ1n) is 17.3. The van der Waals surface area contributed by atoms with Gasteiger partial charge in [-0.05, 0) is 53.1 Å². The van der Waals surface area contributed by atoms with Crippen molar-refractivity contribution in [3.8, 4) is 0 Å². The number of hydrogen-bond acceptors (Lipinski definition) is 6. The molecule has 10 heteroatoms. The van der Waals surface area contributed by atoms with E-state index in [4.69, 9.17) is 15.3 Å². The summed E-state index contributed by atoms with van der Waals surface area (Å²) in [6.45, 7) is 0. The van der Waals surface area contributed by atoms with Crippen LogP contribution in [0.15, 0.2) is 182 Å². The first kappa shape index (κ1) is 45.0. The van der Waals surface area contributed by atoms with Crippen LogP contribution >= 0.6 is 0 Å². The van der Waals surface area contributed by atoms with Crippen LogP contribution in [0.1, 0.15) is 78.8 Å². The molecule has 0 amide bonds.